The average molecular weight is 364 g/mol. The Morgan fingerprint density at radius 1 is 1.20 bits per heavy atom. The van der Waals surface area contributed by atoms with E-state index in [0.717, 1.165) is 11.3 Å². The van der Waals surface area contributed by atoms with Crippen molar-refractivity contribution in [3.05, 3.63) is 41.2 Å². The number of morpholine rings is 1. The van der Waals surface area contributed by atoms with Crippen molar-refractivity contribution in [1.29, 1.82) is 0 Å². The van der Waals surface area contributed by atoms with Crippen LogP contribution in [0.25, 0.3) is 0 Å². The summed E-state index contributed by atoms with van der Waals surface area (Å²) in [5.74, 6) is -1.09. The highest BCUT2D eigenvalue weighted by Gasteiger charge is 2.20. The highest BCUT2D eigenvalue weighted by atomic mass is 32.1. The number of esters is 1. The van der Waals surface area contributed by atoms with Gasteiger partial charge in [-0.15, -0.1) is 11.3 Å². The molecule has 1 aliphatic heterocycles. The van der Waals surface area contributed by atoms with E-state index in [1.54, 1.807) is 17.0 Å². The fourth-order valence-corrected chi connectivity index (χ4v) is 2.99. The lowest BCUT2D eigenvalue weighted by Crippen LogP contribution is -2.42. The molecule has 1 fully saturated rings. The van der Waals surface area contributed by atoms with Crippen molar-refractivity contribution in [3.8, 4) is 0 Å². The van der Waals surface area contributed by atoms with E-state index >= 15 is 0 Å². The number of hydrogen-bond acceptors (Lipinski definition) is 7. The van der Waals surface area contributed by atoms with Crippen LogP contribution >= 0.6 is 11.3 Å². The summed E-state index contributed by atoms with van der Waals surface area (Å²) in [4.78, 5) is 37.7. The predicted octanol–water partition coefficient (Wildman–Crippen LogP) is 1.61. The summed E-state index contributed by atoms with van der Waals surface area (Å²) in [5, 5.41) is 3.10. The first kappa shape index (κ1) is 17.2. The largest absolute Gasteiger partial charge is 0.459 e. The lowest BCUT2D eigenvalue weighted by molar-refractivity contribution is -0.138. The van der Waals surface area contributed by atoms with Gasteiger partial charge in [-0.2, -0.15) is 0 Å². The number of hydrogen-bond donors (Lipinski definition) is 1. The van der Waals surface area contributed by atoms with E-state index in [9.17, 15) is 14.4 Å². The number of anilines is 1. The SMILES string of the molecule is O=C(Nc1ccc(C(=O)OCC(=O)N2CCOCC2)s1)c1ccco1. The molecule has 3 heterocycles. The average Bonchev–Trinajstić information content (AvgIpc) is 3.32. The molecule has 9 heteroatoms. The molecule has 8 nitrogen and oxygen atoms in total. The zero-order chi connectivity index (χ0) is 17.6. The second-order valence-corrected chi connectivity index (χ2v) is 6.25. The molecular weight excluding hydrogens is 348 g/mol. The van der Waals surface area contributed by atoms with Crippen LogP contribution in [0.4, 0.5) is 5.00 Å². The number of nitrogens with one attached hydrogen (secondary N) is 1. The molecule has 0 spiro atoms. The van der Waals surface area contributed by atoms with E-state index in [1.165, 1.54) is 18.4 Å². The van der Waals surface area contributed by atoms with Crippen molar-refractivity contribution in [2.45, 2.75) is 0 Å². The van der Waals surface area contributed by atoms with Gasteiger partial charge in [-0.25, -0.2) is 4.79 Å². The molecule has 0 bridgehead atoms. The van der Waals surface area contributed by atoms with Crippen molar-refractivity contribution >= 4 is 34.1 Å². The van der Waals surface area contributed by atoms with E-state index in [0.29, 0.717) is 36.2 Å². The number of furan rings is 1. The summed E-state index contributed by atoms with van der Waals surface area (Å²) in [6.07, 6.45) is 1.40. The maximum Gasteiger partial charge on any atom is 0.348 e. The fourth-order valence-electron chi connectivity index (χ4n) is 2.20. The Morgan fingerprint density at radius 2 is 2.00 bits per heavy atom. The van der Waals surface area contributed by atoms with E-state index in [2.05, 4.69) is 5.32 Å². The number of thiophene rings is 1. The predicted molar refractivity (Wildman–Crippen MR) is 88.7 cm³/mol. The molecule has 0 atom stereocenters. The van der Waals surface area contributed by atoms with Crippen LogP contribution in [0, 0.1) is 0 Å². The highest BCUT2D eigenvalue weighted by molar-refractivity contribution is 7.18. The first-order valence-electron chi connectivity index (χ1n) is 7.61. The Morgan fingerprint density at radius 3 is 2.72 bits per heavy atom. The monoisotopic (exact) mass is 364 g/mol. The summed E-state index contributed by atoms with van der Waals surface area (Å²) in [5.41, 5.74) is 0. The molecule has 2 amide bonds. The van der Waals surface area contributed by atoms with Gasteiger partial charge in [0.2, 0.25) is 0 Å². The smallest absolute Gasteiger partial charge is 0.348 e. The van der Waals surface area contributed by atoms with Gasteiger partial charge in [-0.1, -0.05) is 0 Å². The zero-order valence-corrected chi connectivity index (χ0v) is 14.0. The molecule has 1 N–H and O–H groups in total. The van der Waals surface area contributed by atoms with E-state index < -0.39 is 11.9 Å². The second-order valence-electron chi connectivity index (χ2n) is 5.16. The number of rotatable bonds is 5. The highest BCUT2D eigenvalue weighted by Crippen LogP contribution is 2.23. The van der Waals surface area contributed by atoms with Crippen LogP contribution in [0.5, 0.6) is 0 Å². The van der Waals surface area contributed by atoms with Crippen LogP contribution in [-0.2, 0) is 14.3 Å². The van der Waals surface area contributed by atoms with Gasteiger partial charge >= 0.3 is 5.97 Å². The van der Waals surface area contributed by atoms with Crippen LogP contribution in [0.1, 0.15) is 20.2 Å². The van der Waals surface area contributed by atoms with Crippen molar-refractivity contribution < 1.29 is 28.3 Å². The first-order valence-corrected chi connectivity index (χ1v) is 8.42. The molecule has 1 saturated heterocycles. The lowest BCUT2D eigenvalue weighted by Gasteiger charge is -2.26. The molecule has 0 unspecified atom stereocenters. The minimum absolute atomic E-state index is 0.175. The number of ether oxygens (including phenoxy) is 2. The maximum absolute atomic E-state index is 12.0. The zero-order valence-electron chi connectivity index (χ0n) is 13.2. The molecule has 0 radical (unpaired) electrons. The van der Waals surface area contributed by atoms with Crippen molar-refractivity contribution in [3.63, 3.8) is 0 Å². The van der Waals surface area contributed by atoms with Gasteiger partial charge in [0.1, 0.15) is 4.88 Å². The summed E-state index contributed by atoms with van der Waals surface area (Å²) < 4.78 is 15.2. The van der Waals surface area contributed by atoms with Crippen molar-refractivity contribution in [1.82, 2.24) is 4.90 Å². The minimum atomic E-state index is -0.606. The summed E-state index contributed by atoms with van der Waals surface area (Å²) in [6.45, 7) is 1.66. The van der Waals surface area contributed by atoms with E-state index in [-0.39, 0.29) is 18.3 Å². The third-order valence-electron chi connectivity index (χ3n) is 3.48. The molecule has 0 aliphatic carbocycles. The molecule has 2 aromatic heterocycles. The topological polar surface area (TPSA) is 98.1 Å². The molecule has 25 heavy (non-hydrogen) atoms. The second kappa shape index (κ2) is 7.95. The van der Waals surface area contributed by atoms with Crippen LogP contribution in [0.15, 0.2) is 34.9 Å². The molecule has 2 aromatic rings. The van der Waals surface area contributed by atoms with Gasteiger partial charge in [0.15, 0.2) is 12.4 Å². The lowest BCUT2D eigenvalue weighted by atomic mass is 10.4. The third-order valence-corrected chi connectivity index (χ3v) is 4.46. The number of carbonyl (C=O) groups is 3. The van der Waals surface area contributed by atoms with Gasteiger partial charge in [0.25, 0.3) is 11.8 Å². The van der Waals surface area contributed by atoms with Crippen molar-refractivity contribution in [2.75, 3.05) is 38.2 Å². The Labute approximate surface area is 147 Å². The van der Waals surface area contributed by atoms with Gasteiger partial charge in [0, 0.05) is 13.1 Å². The van der Waals surface area contributed by atoms with Crippen LogP contribution in [-0.4, -0.2) is 55.6 Å². The van der Waals surface area contributed by atoms with E-state index in [1.807, 2.05) is 0 Å². The Balaban J connectivity index is 1.50. The van der Waals surface area contributed by atoms with Gasteiger partial charge in [0.05, 0.1) is 24.5 Å². The van der Waals surface area contributed by atoms with Gasteiger partial charge in [-0.05, 0) is 24.3 Å². The quantitative estimate of drug-likeness (QED) is 0.810. The summed E-state index contributed by atoms with van der Waals surface area (Å²) >= 11 is 1.06. The minimum Gasteiger partial charge on any atom is -0.459 e. The van der Waals surface area contributed by atoms with Gasteiger partial charge < -0.3 is 24.1 Å². The Bertz CT molecular complexity index is 749. The van der Waals surface area contributed by atoms with Gasteiger partial charge in [-0.3, -0.25) is 9.59 Å². The van der Waals surface area contributed by atoms with Crippen molar-refractivity contribution in [2.24, 2.45) is 0 Å². The number of nitrogens with zero attached hydrogens (tertiary/aromatic N) is 1. The Kier molecular flexibility index (Phi) is 5.46. The molecular formula is C16H16N2O6S. The maximum atomic E-state index is 12.0. The number of amides is 2. The van der Waals surface area contributed by atoms with Crippen LogP contribution in [0.2, 0.25) is 0 Å². The van der Waals surface area contributed by atoms with Crippen LogP contribution in [0.3, 0.4) is 0 Å². The normalized spacial score (nSPS) is 14.2. The molecule has 3 rings (SSSR count). The Hall–Kier alpha value is -2.65. The van der Waals surface area contributed by atoms with E-state index in [4.69, 9.17) is 13.9 Å². The standard InChI is InChI=1S/C16H16N2O6S/c19-14(18-5-8-22-9-6-18)10-24-16(21)12-3-4-13(25-12)17-15(20)11-2-1-7-23-11/h1-4,7H,5-6,8-10H2,(H,17,20). The first-order chi connectivity index (χ1) is 12.1. The summed E-state index contributed by atoms with van der Waals surface area (Å²) in [7, 11) is 0. The fraction of sp³-hybridized carbons (Fsp3) is 0.312. The summed E-state index contributed by atoms with van der Waals surface area (Å²) in [6, 6.07) is 6.27. The molecule has 0 saturated carbocycles. The molecule has 1 aliphatic rings. The van der Waals surface area contributed by atoms with Crippen LogP contribution < -0.4 is 5.32 Å². The molecule has 132 valence electrons. The number of carbonyl (C=O) groups excluding carboxylic acids is 3. The molecule has 0 aromatic carbocycles. The third kappa shape index (κ3) is 4.46.